The third-order valence-corrected chi connectivity index (χ3v) is 7.38. The average Bonchev–Trinajstić information content (AvgIpc) is 3.52. The molecule has 1 fully saturated rings. The van der Waals surface area contributed by atoms with E-state index in [1.165, 1.54) is 10.4 Å². The molecular weight excluding hydrogens is 462 g/mol. The number of methoxy groups -OCH3 is 2. The van der Waals surface area contributed by atoms with Crippen LogP contribution in [0.25, 0.3) is 0 Å². The third-order valence-electron chi connectivity index (χ3n) is 6.45. The van der Waals surface area contributed by atoms with Crippen molar-refractivity contribution >= 4 is 28.8 Å². The normalized spacial score (nSPS) is 17.4. The summed E-state index contributed by atoms with van der Waals surface area (Å²) in [6, 6.07) is 15.6. The minimum absolute atomic E-state index is 0.0556. The zero-order valence-corrected chi connectivity index (χ0v) is 20.7. The summed E-state index contributed by atoms with van der Waals surface area (Å²) in [5.41, 5.74) is 3.50. The van der Waals surface area contributed by atoms with Crippen LogP contribution in [0.4, 0.5) is 5.69 Å². The van der Waals surface area contributed by atoms with Crippen molar-refractivity contribution in [2.24, 2.45) is 0 Å². The molecule has 0 bridgehead atoms. The Morgan fingerprint density at radius 3 is 2.57 bits per heavy atom. The van der Waals surface area contributed by atoms with E-state index in [0.717, 1.165) is 31.4 Å². The Labute approximate surface area is 209 Å². The molecule has 1 aromatic heterocycles. The van der Waals surface area contributed by atoms with Crippen molar-refractivity contribution in [1.82, 2.24) is 10.2 Å². The highest BCUT2D eigenvalue weighted by Crippen LogP contribution is 2.42. The number of anilines is 1. The topological polar surface area (TPSA) is 79.9 Å². The maximum Gasteiger partial charge on any atom is 0.251 e. The molecular formula is C27H29N3O4S. The van der Waals surface area contributed by atoms with Crippen molar-refractivity contribution in [3.63, 3.8) is 0 Å². The molecule has 2 amide bonds. The molecule has 3 aromatic rings. The first-order chi connectivity index (χ1) is 17.1. The van der Waals surface area contributed by atoms with E-state index in [4.69, 9.17) is 9.47 Å². The Morgan fingerprint density at radius 1 is 1.06 bits per heavy atom. The summed E-state index contributed by atoms with van der Waals surface area (Å²) in [4.78, 5) is 28.9. The van der Waals surface area contributed by atoms with Gasteiger partial charge in [-0.3, -0.25) is 14.5 Å². The number of rotatable bonds is 8. The number of amides is 2. The Balaban J connectivity index is 1.35. The van der Waals surface area contributed by atoms with E-state index >= 15 is 0 Å². The lowest BCUT2D eigenvalue weighted by atomic mass is 9.91. The summed E-state index contributed by atoms with van der Waals surface area (Å²) >= 11 is 1.68. The number of ether oxygens (including phenoxy) is 2. The van der Waals surface area contributed by atoms with Crippen LogP contribution in [-0.2, 0) is 11.2 Å². The number of fused-ring (bicyclic) bond motifs is 1. The van der Waals surface area contributed by atoms with Gasteiger partial charge in [-0.1, -0.05) is 12.1 Å². The summed E-state index contributed by atoms with van der Waals surface area (Å²) in [5.74, 6) is 1.18. The Kier molecular flexibility index (Phi) is 6.74. The quantitative estimate of drug-likeness (QED) is 0.493. The van der Waals surface area contributed by atoms with Crippen LogP contribution in [0.2, 0.25) is 0 Å². The van der Waals surface area contributed by atoms with Gasteiger partial charge >= 0.3 is 0 Å². The lowest BCUT2D eigenvalue weighted by Gasteiger charge is -2.37. The van der Waals surface area contributed by atoms with Gasteiger partial charge in [0.2, 0.25) is 5.91 Å². The minimum atomic E-state index is -0.116. The van der Waals surface area contributed by atoms with Crippen LogP contribution in [0.15, 0.2) is 53.9 Å². The van der Waals surface area contributed by atoms with Crippen LogP contribution in [0.3, 0.4) is 0 Å². The fourth-order valence-electron chi connectivity index (χ4n) is 4.57. The standard InChI is InChI=1S/C27H29N3O4S/c1-33-22-14-17-10-11-30(26(24-7-4-12-35-24)21(17)15-23(22)34-2)16-25(31)28-20-6-3-5-18(13-20)27(32)29-19-8-9-19/h3-7,12-15,19,26H,8-11,16H2,1-2H3,(H,28,31)(H,29,32). The fourth-order valence-corrected chi connectivity index (χ4v) is 5.44. The molecule has 8 heteroatoms. The number of nitrogens with one attached hydrogen (secondary N) is 2. The Bertz CT molecular complexity index is 1220. The molecule has 0 radical (unpaired) electrons. The van der Waals surface area contributed by atoms with Crippen LogP contribution in [0, 0.1) is 0 Å². The van der Waals surface area contributed by atoms with Crippen molar-refractivity contribution in [2.45, 2.75) is 31.3 Å². The van der Waals surface area contributed by atoms with Gasteiger partial charge in [-0.15, -0.1) is 11.3 Å². The Morgan fingerprint density at radius 2 is 1.86 bits per heavy atom. The molecule has 1 aliphatic carbocycles. The number of benzene rings is 2. The number of hydrogen-bond acceptors (Lipinski definition) is 6. The molecule has 35 heavy (non-hydrogen) atoms. The average molecular weight is 492 g/mol. The zero-order chi connectivity index (χ0) is 24.4. The second-order valence-electron chi connectivity index (χ2n) is 8.92. The van der Waals surface area contributed by atoms with Crippen molar-refractivity contribution < 1.29 is 19.1 Å². The van der Waals surface area contributed by atoms with Crippen LogP contribution >= 0.6 is 11.3 Å². The summed E-state index contributed by atoms with van der Waals surface area (Å²) in [6.07, 6.45) is 2.87. The molecule has 1 atom stereocenters. The molecule has 2 aromatic carbocycles. The van der Waals surface area contributed by atoms with E-state index in [1.807, 2.05) is 24.3 Å². The van der Waals surface area contributed by atoms with E-state index in [1.54, 1.807) is 43.8 Å². The van der Waals surface area contributed by atoms with Gasteiger partial charge in [0, 0.05) is 28.7 Å². The number of nitrogens with zero attached hydrogens (tertiary/aromatic N) is 1. The Hall–Kier alpha value is -3.36. The van der Waals surface area contributed by atoms with Gasteiger partial charge in [0.15, 0.2) is 11.5 Å². The van der Waals surface area contributed by atoms with Crippen LogP contribution < -0.4 is 20.1 Å². The molecule has 2 heterocycles. The third kappa shape index (κ3) is 5.18. The largest absolute Gasteiger partial charge is 0.493 e. The first-order valence-electron chi connectivity index (χ1n) is 11.8. The monoisotopic (exact) mass is 491 g/mol. The predicted molar refractivity (Wildman–Crippen MR) is 137 cm³/mol. The fraction of sp³-hybridized carbons (Fsp3) is 0.333. The van der Waals surface area contributed by atoms with Crippen molar-refractivity contribution in [3.8, 4) is 11.5 Å². The smallest absolute Gasteiger partial charge is 0.251 e. The lowest BCUT2D eigenvalue weighted by molar-refractivity contribution is -0.117. The van der Waals surface area contributed by atoms with Gasteiger partial charge in [-0.25, -0.2) is 0 Å². The molecule has 7 nitrogen and oxygen atoms in total. The molecule has 1 saturated carbocycles. The van der Waals surface area contributed by atoms with Crippen LogP contribution in [0.5, 0.6) is 11.5 Å². The number of carbonyl (C=O) groups is 2. The predicted octanol–water partition coefficient (Wildman–Crippen LogP) is 4.24. The second kappa shape index (κ2) is 10.1. The molecule has 1 unspecified atom stereocenters. The van der Waals surface area contributed by atoms with E-state index < -0.39 is 0 Å². The van der Waals surface area contributed by atoms with Crippen molar-refractivity contribution in [3.05, 3.63) is 75.5 Å². The van der Waals surface area contributed by atoms with E-state index in [9.17, 15) is 9.59 Å². The van der Waals surface area contributed by atoms with Crippen molar-refractivity contribution in [1.29, 1.82) is 0 Å². The number of carbonyl (C=O) groups excluding carboxylic acids is 2. The molecule has 0 spiro atoms. The molecule has 0 saturated heterocycles. The number of thiophene rings is 1. The van der Waals surface area contributed by atoms with Gasteiger partial charge in [-0.2, -0.15) is 0 Å². The summed E-state index contributed by atoms with van der Waals surface area (Å²) in [5, 5.41) is 8.03. The van der Waals surface area contributed by atoms with E-state index in [0.29, 0.717) is 22.7 Å². The highest BCUT2D eigenvalue weighted by Gasteiger charge is 2.32. The SMILES string of the molecule is COc1cc2c(cc1OC)C(c1cccs1)N(CC(=O)Nc1cccc(C(=O)NC3CC3)c1)CC2. The summed E-state index contributed by atoms with van der Waals surface area (Å²) < 4.78 is 11.1. The molecule has 5 rings (SSSR count). The van der Waals surface area contributed by atoms with Crippen molar-refractivity contribution in [2.75, 3.05) is 32.6 Å². The maximum atomic E-state index is 13.1. The second-order valence-corrected chi connectivity index (χ2v) is 9.90. The molecule has 1 aliphatic heterocycles. The molecule has 2 aliphatic rings. The lowest BCUT2D eigenvalue weighted by Crippen LogP contribution is -2.41. The highest BCUT2D eigenvalue weighted by atomic mass is 32.1. The maximum absolute atomic E-state index is 13.1. The zero-order valence-electron chi connectivity index (χ0n) is 19.9. The number of hydrogen-bond donors (Lipinski definition) is 2. The first kappa shape index (κ1) is 23.4. The molecule has 2 N–H and O–H groups in total. The molecule has 182 valence electrons. The van der Waals surface area contributed by atoms with Gasteiger partial charge in [0.05, 0.1) is 26.8 Å². The van der Waals surface area contributed by atoms with E-state index in [2.05, 4.69) is 27.0 Å². The van der Waals surface area contributed by atoms with Gasteiger partial charge < -0.3 is 20.1 Å². The summed E-state index contributed by atoms with van der Waals surface area (Å²) in [7, 11) is 3.28. The van der Waals surface area contributed by atoms with Crippen LogP contribution in [0.1, 0.15) is 45.2 Å². The van der Waals surface area contributed by atoms with Gasteiger partial charge in [0.1, 0.15) is 0 Å². The van der Waals surface area contributed by atoms with Gasteiger partial charge in [0.25, 0.3) is 5.91 Å². The minimum Gasteiger partial charge on any atom is -0.493 e. The first-order valence-corrected chi connectivity index (χ1v) is 12.7. The highest BCUT2D eigenvalue weighted by molar-refractivity contribution is 7.10. The van der Waals surface area contributed by atoms with E-state index in [-0.39, 0.29) is 30.4 Å². The van der Waals surface area contributed by atoms with Gasteiger partial charge in [-0.05, 0) is 72.2 Å². The van der Waals surface area contributed by atoms with Crippen LogP contribution in [-0.4, -0.2) is 50.1 Å². The summed E-state index contributed by atoms with van der Waals surface area (Å²) in [6.45, 7) is 0.969.